The van der Waals surface area contributed by atoms with E-state index < -0.39 is 31.7 Å². The minimum Gasteiger partial charge on any atom is -0.481 e. The Balaban J connectivity index is 4.25. The molecule has 8 nitrogen and oxygen atoms in total. The maximum absolute atomic E-state index is 11.2. The number of rotatable bonds is 7. The van der Waals surface area contributed by atoms with Crippen molar-refractivity contribution < 1.29 is 33.8 Å². The lowest BCUT2D eigenvalue weighted by Crippen LogP contribution is -2.31. The number of esters is 1. The van der Waals surface area contributed by atoms with Crippen LogP contribution in [0.1, 0.15) is 13.3 Å². The molecule has 0 aliphatic rings. The Labute approximate surface area is 104 Å². The van der Waals surface area contributed by atoms with Crippen molar-refractivity contribution in [3.05, 3.63) is 11.6 Å². The Morgan fingerprint density at radius 1 is 1.44 bits per heavy atom. The molecule has 9 heteroatoms. The number of carbonyl (C=O) groups excluding carboxylic acids is 1. The van der Waals surface area contributed by atoms with E-state index in [2.05, 4.69) is 4.74 Å². The zero-order valence-corrected chi connectivity index (χ0v) is 10.7. The number of carboxylic acids is 1. The van der Waals surface area contributed by atoms with Crippen molar-refractivity contribution in [1.82, 2.24) is 0 Å². The van der Waals surface area contributed by atoms with Crippen molar-refractivity contribution in [3.63, 3.8) is 0 Å². The van der Waals surface area contributed by atoms with Crippen LogP contribution in [-0.2, 0) is 18.9 Å². The summed E-state index contributed by atoms with van der Waals surface area (Å²) in [6, 6.07) is -1.18. The van der Waals surface area contributed by atoms with Crippen LogP contribution in [0.15, 0.2) is 11.6 Å². The van der Waals surface area contributed by atoms with E-state index in [1.165, 1.54) is 13.0 Å². The van der Waals surface area contributed by atoms with Gasteiger partial charge in [-0.1, -0.05) is 11.6 Å². The predicted octanol–water partition coefficient (Wildman–Crippen LogP) is -0.544. The molecule has 0 fully saturated rings. The molecule has 0 aromatic carbocycles. The fourth-order valence-electron chi connectivity index (χ4n) is 1.09. The average molecular weight is 281 g/mol. The summed E-state index contributed by atoms with van der Waals surface area (Å²) in [6.45, 7) is 1.12. The Bertz CT molecular complexity index is 386. The molecule has 18 heavy (non-hydrogen) atoms. The van der Waals surface area contributed by atoms with Crippen LogP contribution in [0.2, 0.25) is 0 Å². The van der Waals surface area contributed by atoms with Crippen molar-refractivity contribution in [1.29, 1.82) is 0 Å². The number of carbonyl (C=O) groups is 2. The molecule has 0 spiro atoms. The van der Waals surface area contributed by atoms with Gasteiger partial charge < -0.3 is 25.4 Å². The highest BCUT2D eigenvalue weighted by molar-refractivity contribution is 7.52. The third-order valence-electron chi connectivity index (χ3n) is 1.75. The predicted molar refractivity (Wildman–Crippen MR) is 61.9 cm³/mol. The zero-order chi connectivity index (χ0) is 14.3. The molecule has 1 atom stereocenters. The maximum atomic E-state index is 11.2. The molecule has 1 unspecified atom stereocenters. The molecule has 0 saturated carbocycles. The lowest BCUT2D eigenvalue weighted by atomic mass is 10.2. The summed E-state index contributed by atoms with van der Waals surface area (Å²) in [5.74, 6) is -1.95. The van der Waals surface area contributed by atoms with Crippen molar-refractivity contribution in [2.24, 2.45) is 5.73 Å². The molecule has 0 rings (SSSR count). The van der Waals surface area contributed by atoms with Gasteiger partial charge in [0.15, 0.2) is 0 Å². The van der Waals surface area contributed by atoms with E-state index in [-0.39, 0.29) is 18.6 Å². The van der Waals surface area contributed by atoms with Gasteiger partial charge in [-0.3, -0.25) is 14.2 Å². The minimum atomic E-state index is -4.20. The van der Waals surface area contributed by atoms with E-state index in [9.17, 15) is 14.2 Å². The highest BCUT2D eigenvalue weighted by atomic mass is 31.2. The number of aliphatic carboxylic acids is 1. The van der Waals surface area contributed by atoms with Gasteiger partial charge in [0.2, 0.25) is 0 Å². The van der Waals surface area contributed by atoms with Gasteiger partial charge in [0.05, 0.1) is 12.6 Å². The van der Waals surface area contributed by atoms with E-state index in [4.69, 9.17) is 20.6 Å². The molecule has 0 heterocycles. The summed E-state index contributed by atoms with van der Waals surface area (Å²) in [5, 5.41) is 8.32. The van der Waals surface area contributed by atoms with Crippen LogP contribution >= 0.6 is 7.60 Å². The second-order valence-electron chi connectivity index (χ2n) is 3.67. The highest BCUT2D eigenvalue weighted by Crippen LogP contribution is 2.36. The van der Waals surface area contributed by atoms with Gasteiger partial charge in [-0.2, -0.15) is 0 Å². The number of hydrogen-bond donors (Lipinski definition) is 4. The molecular weight excluding hydrogens is 265 g/mol. The molecule has 0 bridgehead atoms. The van der Waals surface area contributed by atoms with Crippen LogP contribution in [0.3, 0.4) is 0 Å². The van der Waals surface area contributed by atoms with Crippen LogP contribution < -0.4 is 5.73 Å². The fraction of sp³-hybridized carbons (Fsp3) is 0.556. The average Bonchev–Trinajstić information content (AvgIpc) is 2.13. The van der Waals surface area contributed by atoms with Crippen LogP contribution in [0.25, 0.3) is 0 Å². The zero-order valence-electron chi connectivity index (χ0n) is 9.78. The number of carboxylic acid groups (broad SMARTS) is 1. The first-order chi connectivity index (χ1) is 8.11. The summed E-state index contributed by atoms with van der Waals surface area (Å²) < 4.78 is 15.2. The monoisotopic (exact) mass is 281 g/mol. The van der Waals surface area contributed by atoms with Crippen LogP contribution in [-0.4, -0.2) is 45.6 Å². The Morgan fingerprint density at radius 3 is 2.44 bits per heavy atom. The topological polar surface area (TPSA) is 147 Å². The largest absolute Gasteiger partial charge is 0.481 e. The Hall–Kier alpha value is -1.21. The third kappa shape index (κ3) is 8.89. The first kappa shape index (κ1) is 16.8. The van der Waals surface area contributed by atoms with E-state index in [1.54, 1.807) is 0 Å². The minimum absolute atomic E-state index is 0.256. The van der Waals surface area contributed by atoms with E-state index in [0.29, 0.717) is 0 Å². The molecule has 0 radical (unpaired) electrons. The number of allylic oxidation sites excluding steroid dienone is 1. The van der Waals surface area contributed by atoms with Gasteiger partial charge in [0, 0.05) is 0 Å². The molecule has 0 aromatic rings. The van der Waals surface area contributed by atoms with Crippen LogP contribution in [0.5, 0.6) is 0 Å². The van der Waals surface area contributed by atoms with Gasteiger partial charge in [-0.15, -0.1) is 0 Å². The quantitative estimate of drug-likeness (QED) is 0.276. The molecular formula is C9H16NO7P. The summed E-state index contributed by atoms with van der Waals surface area (Å²) in [6.07, 6.45) is 0.342. The third-order valence-corrected chi connectivity index (χ3v) is 2.66. The normalized spacial score (nSPS) is 14.1. The van der Waals surface area contributed by atoms with Crippen molar-refractivity contribution in [2.45, 2.75) is 19.4 Å². The molecule has 0 aromatic heterocycles. The highest BCUT2D eigenvalue weighted by Gasteiger charge is 2.17. The fourth-order valence-corrected chi connectivity index (χ4v) is 1.84. The molecule has 0 saturated heterocycles. The molecule has 5 N–H and O–H groups in total. The Kier molecular flexibility index (Phi) is 6.79. The van der Waals surface area contributed by atoms with Gasteiger partial charge in [-0.05, 0) is 6.92 Å². The van der Waals surface area contributed by atoms with Crippen molar-refractivity contribution in [2.75, 3.05) is 12.8 Å². The summed E-state index contributed by atoms with van der Waals surface area (Å²) >= 11 is 0. The van der Waals surface area contributed by atoms with Crippen molar-refractivity contribution in [3.8, 4) is 0 Å². The summed E-state index contributed by atoms with van der Waals surface area (Å²) in [5.41, 5.74) is 5.66. The first-order valence-electron chi connectivity index (χ1n) is 4.97. The summed E-state index contributed by atoms with van der Waals surface area (Å²) in [4.78, 5) is 38.8. The molecule has 0 aliphatic heterocycles. The van der Waals surface area contributed by atoms with Gasteiger partial charge in [0.1, 0.15) is 12.6 Å². The number of hydrogen-bond acceptors (Lipinski definition) is 5. The van der Waals surface area contributed by atoms with Gasteiger partial charge in [0.25, 0.3) is 0 Å². The number of ether oxygens (including phenoxy) is 1. The van der Waals surface area contributed by atoms with Crippen molar-refractivity contribution >= 4 is 19.5 Å². The SMILES string of the molecule is C/C(=C\C(N)C(=O)OCCC(=O)O)CP(=O)(O)O. The van der Waals surface area contributed by atoms with Gasteiger partial charge >= 0.3 is 19.5 Å². The van der Waals surface area contributed by atoms with E-state index >= 15 is 0 Å². The molecule has 0 aliphatic carbocycles. The summed E-state index contributed by atoms with van der Waals surface area (Å²) in [7, 11) is -4.20. The first-order valence-corrected chi connectivity index (χ1v) is 6.77. The Morgan fingerprint density at radius 2 is 2.00 bits per heavy atom. The molecule has 0 amide bonds. The van der Waals surface area contributed by atoms with E-state index in [1.807, 2.05) is 0 Å². The lowest BCUT2D eigenvalue weighted by molar-refractivity contribution is -0.146. The number of nitrogens with two attached hydrogens (primary N) is 1. The van der Waals surface area contributed by atoms with E-state index in [0.717, 1.165) is 0 Å². The standard InChI is InChI=1S/C9H16NO7P/c1-6(5-18(14,15)16)4-7(10)9(13)17-3-2-8(11)12/h4,7H,2-3,5,10H2,1H3,(H,11,12)(H2,14,15,16)/b6-4+. The second-order valence-corrected chi connectivity index (χ2v) is 5.32. The lowest BCUT2D eigenvalue weighted by Gasteiger charge is -2.09. The molecule has 104 valence electrons. The van der Waals surface area contributed by atoms with Crippen LogP contribution in [0.4, 0.5) is 0 Å². The van der Waals surface area contributed by atoms with Crippen LogP contribution in [0, 0.1) is 0 Å². The van der Waals surface area contributed by atoms with Gasteiger partial charge in [-0.25, -0.2) is 0 Å². The maximum Gasteiger partial charge on any atom is 0.329 e. The second kappa shape index (κ2) is 7.27. The smallest absolute Gasteiger partial charge is 0.329 e.